The van der Waals surface area contributed by atoms with Crippen LogP contribution in [-0.4, -0.2) is 61.7 Å². The summed E-state index contributed by atoms with van der Waals surface area (Å²) in [4.78, 5) is 21.2. The average molecular weight is 516 g/mol. The minimum Gasteiger partial charge on any atom is -0.469 e. The minimum atomic E-state index is -0.0270. The Balaban J connectivity index is 0.00000392. The Bertz CT molecular complexity index is 750. The summed E-state index contributed by atoms with van der Waals surface area (Å²) >= 11 is 1.79. The molecule has 2 rings (SSSR count). The summed E-state index contributed by atoms with van der Waals surface area (Å²) in [6.07, 6.45) is 1.69. The molecule has 2 aromatic rings. The summed E-state index contributed by atoms with van der Waals surface area (Å²) in [5.74, 6) is 2.48. The molecule has 1 heterocycles. The van der Waals surface area contributed by atoms with E-state index in [0.29, 0.717) is 12.5 Å². The number of rotatable bonds is 8. The monoisotopic (exact) mass is 516 g/mol. The Kier molecular flexibility index (Phi) is 11.1. The second-order valence-electron chi connectivity index (χ2n) is 6.37. The topological polar surface area (TPSA) is 61.1 Å². The lowest BCUT2D eigenvalue weighted by atomic mass is 10.2. The van der Waals surface area contributed by atoms with Crippen molar-refractivity contribution in [3.05, 3.63) is 54.0 Å². The van der Waals surface area contributed by atoms with E-state index in [4.69, 9.17) is 4.42 Å². The maximum atomic E-state index is 11.9. The van der Waals surface area contributed by atoms with Crippen molar-refractivity contribution in [1.82, 2.24) is 15.1 Å². The molecule has 0 unspecified atom stereocenters. The average Bonchev–Trinajstić information content (AvgIpc) is 3.06. The van der Waals surface area contributed by atoms with Crippen LogP contribution in [0.3, 0.4) is 0 Å². The zero-order chi connectivity index (χ0) is 19.6. The maximum Gasteiger partial charge on any atom is 0.243 e. The number of carbonyl (C=O) groups is 1. The Morgan fingerprint density at radius 1 is 1.18 bits per heavy atom. The van der Waals surface area contributed by atoms with Gasteiger partial charge in [0.1, 0.15) is 12.3 Å². The van der Waals surface area contributed by atoms with E-state index in [2.05, 4.69) is 22.4 Å². The molecule has 1 aromatic heterocycles. The van der Waals surface area contributed by atoms with Gasteiger partial charge < -0.3 is 19.5 Å². The standard InChI is InChI=1S/C20H28N4O2S.HI/c1-16-17(10-12-26-16)15-24(4)20(22-14-19(25)23(2)3)21-11-13-27-18-8-6-5-7-9-18;/h5-10,12H,11,13-15H2,1-4H3,(H,21,22);1H. The number of hydrogen-bond donors (Lipinski definition) is 1. The lowest BCUT2D eigenvalue weighted by Gasteiger charge is -2.22. The fraction of sp³-hybridized carbons (Fsp3) is 0.400. The molecule has 0 aliphatic heterocycles. The van der Waals surface area contributed by atoms with Gasteiger partial charge in [-0.25, -0.2) is 4.99 Å². The van der Waals surface area contributed by atoms with Gasteiger partial charge in [-0.1, -0.05) is 18.2 Å². The number of nitrogens with zero attached hydrogens (tertiary/aromatic N) is 3. The highest BCUT2D eigenvalue weighted by Crippen LogP contribution is 2.16. The van der Waals surface area contributed by atoms with Crippen molar-refractivity contribution in [2.24, 2.45) is 4.99 Å². The summed E-state index contributed by atoms with van der Waals surface area (Å²) in [5.41, 5.74) is 1.10. The van der Waals surface area contributed by atoms with Crippen LogP contribution in [0.5, 0.6) is 0 Å². The number of halogens is 1. The summed E-state index contributed by atoms with van der Waals surface area (Å²) in [6.45, 7) is 3.48. The van der Waals surface area contributed by atoms with Crippen LogP contribution in [0.15, 0.2) is 57.0 Å². The smallest absolute Gasteiger partial charge is 0.243 e. The van der Waals surface area contributed by atoms with Crippen LogP contribution in [0.2, 0.25) is 0 Å². The zero-order valence-corrected chi connectivity index (χ0v) is 20.0. The van der Waals surface area contributed by atoms with Gasteiger partial charge in [0, 0.05) is 50.4 Å². The first-order chi connectivity index (χ1) is 13.0. The van der Waals surface area contributed by atoms with E-state index in [1.165, 1.54) is 4.90 Å². The summed E-state index contributed by atoms with van der Waals surface area (Å²) in [7, 11) is 5.43. The second-order valence-corrected chi connectivity index (χ2v) is 7.54. The van der Waals surface area contributed by atoms with Crippen molar-refractivity contribution in [3.63, 3.8) is 0 Å². The highest BCUT2D eigenvalue weighted by molar-refractivity contribution is 14.0. The number of nitrogens with one attached hydrogen (secondary N) is 1. The number of furan rings is 1. The number of aryl methyl sites for hydroxylation is 1. The Labute approximate surface area is 188 Å². The van der Waals surface area contributed by atoms with Gasteiger partial charge in [-0.3, -0.25) is 4.79 Å². The Hall–Kier alpha value is -1.68. The number of aliphatic imine (C=N–C) groups is 1. The summed E-state index contributed by atoms with van der Waals surface area (Å²) in [5, 5.41) is 3.37. The largest absolute Gasteiger partial charge is 0.469 e. The fourth-order valence-electron chi connectivity index (χ4n) is 2.35. The van der Waals surface area contributed by atoms with Crippen LogP contribution in [0.1, 0.15) is 11.3 Å². The second kappa shape index (κ2) is 12.7. The van der Waals surface area contributed by atoms with Gasteiger partial charge in [0.25, 0.3) is 0 Å². The van der Waals surface area contributed by atoms with E-state index in [0.717, 1.165) is 23.6 Å². The lowest BCUT2D eigenvalue weighted by Crippen LogP contribution is -2.40. The molecule has 0 atom stereocenters. The number of likely N-dealkylation sites (N-methyl/N-ethyl adjacent to an activating group) is 1. The van der Waals surface area contributed by atoms with Crippen LogP contribution in [-0.2, 0) is 11.3 Å². The summed E-state index contributed by atoms with van der Waals surface area (Å²) < 4.78 is 5.37. The first-order valence-electron chi connectivity index (χ1n) is 8.88. The van der Waals surface area contributed by atoms with Gasteiger partial charge in [0.2, 0.25) is 5.91 Å². The highest BCUT2D eigenvalue weighted by atomic mass is 127. The molecule has 0 saturated carbocycles. The minimum absolute atomic E-state index is 0. The van der Waals surface area contributed by atoms with E-state index in [1.54, 1.807) is 37.0 Å². The molecule has 0 bridgehead atoms. The van der Waals surface area contributed by atoms with Crippen LogP contribution in [0.25, 0.3) is 0 Å². The van der Waals surface area contributed by atoms with Crippen molar-refractivity contribution in [1.29, 1.82) is 0 Å². The molecule has 0 aliphatic carbocycles. The Morgan fingerprint density at radius 3 is 2.50 bits per heavy atom. The predicted molar refractivity (Wildman–Crippen MR) is 126 cm³/mol. The van der Waals surface area contributed by atoms with Crippen LogP contribution in [0.4, 0.5) is 0 Å². The van der Waals surface area contributed by atoms with E-state index in [9.17, 15) is 4.79 Å². The molecule has 0 spiro atoms. The molecular formula is C20H29IN4O2S. The molecule has 1 aromatic carbocycles. The van der Waals surface area contributed by atoms with Crippen LogP contribution in [0, 0.1) is 6.92 Å². The maximum absolute atomic E-state index is 11.9. The third-order valence-electron chi connectivity index (χ3n) is 4.00. The van der Waals surface area contributed by atoms with E-state index < -0.39 is 0 Å². The van der Waals surface area contributed by atoms with E-state index >= 15 is 0 Å². The summed E-state index contributed by atoms with van der Waals surface area (Å²) in [6, 6.07) is 12.3. The third kappa shape index (κ3) is 8.14. The predicted octanol–water partition coefficient (Wildman–Crippen LogP) is 3.46. The number of benzene rings is 1. The lowest BCUT2D eigenvalue weighted by molar-refractivity contribution is -0.127. The highest BCUT2D eigenvalue weighted by Gasteiger charge is 2.11. The molecule has 154 valence electrons. The van der Waals surface area contributed by atoms with E-state index in [1.807, 2.05) is 43.1 Å². The molecule has 0 aliphatic rings. The molecule has 28 heavy (non-hydrogen) atoms. The third-order valence-corrected chi connectivity index (χ3v) is 5.01. The number of carbonyl (C=O) groups excluding carboxylic acids is 1. The van der Waals surface area contributed by atoms with Crippen molar-refractivity contribution >= 4 is 47.6 Å². The van der Waals surface area contributed by atoms with Gasteiger partial charge in [0.05, 0.1) is 6.26 Å². The molecule has 1 amide bonds. The van der Waals surface area contributed by atoms with Crippen molar-refractivity contribution in [2.45, 2.75) is 18.4 Å². The molecule has 1 N–H and O–H groups in total. The fourth-order valence-corrected chi connectivity index (χ4v) is 3.14. The van der Waals surface area contributed by atoms with Gasteiger partial charge in [0.15, 0.2) is 5.96 Å². The number of thioether (sulfide) groups is 1. The molecule has 8 heteroatoms. The SMILES string of the molecule is Cc1occc1CN(C)C(=NCC(=O)N(C)C)NCCSc1ccccc1.I. The van der Waals surface area contributed by atoms with Gasteiger partial charge >= 0.3 is 0 Å². The first-order valence-corrected chi connectivity index (χ1v) is 9.86. The van der Waals surface area contributed by atoms with Gasteiger partial charge in [-0.15, -0.1) is 35.7 Å². The van der Waals surface area contributed by atoms with Gasteiger partial charge in [-0.2, -0.15) is 0 Å². The number of guanidine groups is 1. The Morgan fingerprint density at radius 2 is 1.89 bits per heavy atom. The van der Waals surface area contributed by atoms with E-state index in [-0.39, 0.29) is 36.4 Å². The van der Waals surface area contributed by atoms with Crippen molar-refractivity contribution < 1.29 is 9.21 Å². The molecule has 0 saturated heterocycles. The molecule has 6 nitrogen and oxygen atoms in total. The number of hydrogen-bond acceptors (Lipinski definition) is 4. The van der Waals surface area contributed by atoms with Gasteiger partial charge in [-0.05, 0) is 25.1 Å². The van der Waals surface area contributed by atoms with Crippen molar-refractivity contribution in [3.8, 4) is 0 Å². The number of amides is 1. The zero-order valence-electron chi connectivity index (χ0n) is 16.8. The quantitative estimate of drug-likeness (QED) is 0.192. The van der Waals surface area contributed by atoms with Crippen LogP contribution >= 0.6 is 35.7 Å². The molecule has 0 radical (unpaired) electrons. The normalized spacial score (nSPS) is 10.9. The molecule has 0 fully saturated rings. The van der Waals surface area contributed by atoms with Crippen LogP contribution < -0.4 is 5.32 Å². The first kappa shape index (κ1) is 24.4. The van der Waals surface area contributed by atoms with Crippen molar-refractivity contribution in [2.75, 3.05) is 40.0 Å². The molecular weight excluding hydrogens is 487 g/mol.